The van der Waals surface area contributed by atoms with Crippen LogP contribution in [0.1, 0.15) is 55.0 Å². The topological polar surface area (TPSA) is 52.1 Å². The smallest absolute Gasteiger partial charge is 0.378 e. The maximum atomic E-state index is 13.1. The highest BCUT2D eigenvalue weighted by molar-refractivity contribution is 5.66. The van der Waals surface area contributed by atoms with E-state index in [4.69, 9.17) is 0 Å². The predicted octanol–water partition coefficient (Wildman–Crippen LogP) is 5.60. The van der Waals surface area contributed by atoms with E-state index in [9.17, 15) is 18.3 Å². The van der Waals surface area contributed by atoms with Gasteiger partial charge in [0.15, 0.2) is 0 Å². The van der Waals surface area contributed by atoms with E-state index in [1.807, 2.05) is 12.1 Å². The van der Waals surface area contributed by atoms with Crippen LogP contribution in [0.2, 0.25) is 0 Å². The summed E-state index contributed by atoms with van der Waals surface area (Å²) in [6.07, 6.45) is -0.933. The molecule has 1 aromatic heterocycles. The molecule has 2 N–H and O–H groups in total. The van der Waals surface area contributed by atoms with Crippen molar-refractivity contribution in [3.63, 3.8) is 0 Å². The van der Waals surface area contributed by atoms with E-state index in [-0.39, 0.29) is 5.92 Å². The van der Waals surface area contributed by atoms with Crippen molar-refractivity contribution < 1.29 is 18.3 Å². The molecule has 4 rings (SSSR count). The van der Waals surface area contributed by atoms with Crippen LogP contribution >= 0.6 is 0 Å². The molecule has 0 atom stereocenters. The van der Waals surface area contributed by atoms with Crippen molar-refractivity contribution in [2.24, 2.45) is 0 Å². The summed E-state index contributed by atoms with van der Waals surface area (Å²) in [7, 11) is 0. The van der Waals surface area contributed by atoms with Crippen molar-refractivity contribution >= 4 is 0 Å². The second kappa shape index (κ2) is 9.65. The first-order valence-corrected chi connectivity index (χ1v) is 11.4. The fraction of sp³-hybridized carbons (Fsp3) is 0.370. The number of rotatable bonds is 4. The minimum absolute atomic E-state index is 0.225. The second-order valence-electron chi connectivity index (χ2n) is 9.33. The number of hydrogen-bond acceptors (Lipinski definition) is 3. The number of benzene rings is 2. The van der Waals surface area contributed by atoms with Crippen LogP contribution < -0.4 is 0 Å². The minimum Gasteiger partial charge on any atom is -0.378 e. The first-order chi connectivity index (χ1) is 16.1. The molecule has 7 heteroatoms. The molecule has 1 saturated heterocycles. The van der Waals surface area contributed by atoms with Gasteiger partial charge >= 0.3 is 6.18 Å². The van der Waals surface area contributed by atoms with E-state index >= 15 is 0 Å². The summed E-state index contributed by atoms with van der Waals surface area (Å²) in [5.74, 6) is 6.02. The third-order valence-electron chi connectivity index (χ3n) is 6.04. The number of alkyl halides is 3. The number of nitrogens with one attached hydrogen (secondary N) is 1. The number of aromatic amines is 1. The Hall–Kier alpha value is -3.08. The SMILES string of the molecule is CC(C)(O)C#Cc1ccc(CN2CCC(c3[nH]ncc3-c3cccc(C(F)(F)F)c3)CC2)cc1. The standard InChI is InChI=1S/C27H28F3N3O/c1-26(2,34)13-10-19-6-8-20(9-7-19)18-33-14-11-21(12-15-33)25-24(17-31-32-25)22-4-3-5-23(16-22)27(28,29)30/h3-9,16-17,21,34H,11-12,14-15,18H2,1-2H3,(H,31,32). The molecular formula is C27H28F3N3O. The van der Waals surface area contributed by atoms with Crippen molar-refractivity contribution in [2.75, 3.05) is 13.1 Å². The fourth-order valence-corrected chi connectivity index (χ4v) is 4.26. The molecule has 2 aromatic carbocycles. The van der Waals surface area contributed by atoms with Crippen LogP contribution in [-0.2, 0) is 12.7 Å². The van der Waals surface area contributed by atoms with Crippen molar-refractivity contribution in [1.82, 2.24) is 15.1 Å². The first kappa shape index (κ1) is 24.1. The molecule has 0 aliphatic carbocycles. The summed E-state index contributed by atoms with van der Waals surface area (Å²) in [6.45, 7) is 5.93. The van der Waals surface area contributed by atoms with E-state index in [0.717, 1.165) is 55.4 Å². The lowest BCUT2D eigenvalue weighted by Crippen LogP contribution is -2.32. The third-order valence-corrected chi connectivity index (χ3v) is 6.04. The Kier molecular flexibility index (Phi) is 6.83. The van der Waals surface area contributed by atoms with Gasteiger partial charge in [0.1, 0.15) is 5.60 Å². The van der Waals surface area contributed by atoms with Crippen LogP contribution in [0, 0.1) is 11.8 Å². The number of hydrogen-bond donors (Lipinski definition) is 2. The lowest BCUT2D eigenvalue weighted by molar-refractivity contribution is -0.137. The Balaban J connectivity index is 1.38. The molecule has 3 aromatic rings. The second-order valence-corrected chi connectivity index (χ2v) is 9.33. The number of aromatic nitrogens is 2. The summed E-state index contributed by atoms with van der Waals surface area (Å²) in [5, 5.41) is 16.9. The quantitative estimate of drug-likeness (QED) is 0.492. The Morgan fingerprint density at radius 3 is 2.44 bits per heavy atom. The van der Waals surface area contributed by atoms with Gasteiger partial charge in [-0.25, -0.2) is 0 Å². The number of aliphatic hydroxyl groups is 1. The summed E-state index contributed by atoms with van der Waals surface area (Å²) in [6, 6.07) is 13.5. The van der Waals surface area contributed by atoms with Gasteiger partial charge in [-0.1, -0.05) is 36.1 Å². The Morgan fingerprint density at radius 1 is 1.09 bits per heavy atom. The monoisotopic (exact) mass is 467 g/mol. The highest BCUT2D eigenvalue weighted by Crippen LogP contribution is 2.37. The number of nitrogens with zero attached hydrogens (tertiary/aromatic N) is 2. The van der Waals surface area contributed by atoms with Crippen molar-refractivity contribution in [3.05, 3.63) is 77.1 Å². The molecule has 0 radical (unpaired) electrons. The number of piperidine rings is 1. The average molecular weight is 468 g/mol. The van der Waals surface area contributed by atoms with Crippen LogP contribution in [0.3, 0.4) is 0 Å². The maximum absolute atomic E-state index is 13.1. The van der Waals surface area contributed by atoms with E-state index in [2.05, 4.69) is 39.1 Å². The molecule has 0 amide bonds. The number of likely N-dealkylation sites (tertiary alicyclic amines) is 1. The fourth-order valence-electron chi connectivity index (χ4n) is 4.26. The zero-order chi connectivity index (χ0) is 24.3. The molecule has 1 aliphatic rings. The van der Waals surface area contributed by atoms with Gasteiger partial charge in [-0.15, -0.1) is 0 Å². The van der Waals surface area contributed by atoms with E-state index in [1.165, 1.54) is 17.7 Å². The molecule has 0 bridgehead atoms. The van der Waals surface area contributed by atoms with Crippen LogP contribution in [0.25, 0.3) is 11.1 Å². The van der Waals surface area contributed by atoms with Gasteiger partial charge < -0.3 is 5.11 Å². The first-order valence-electron chi connectivity index (χ1n) is 11.4. The highest BCUT2D eigenvalue weighted by Gasteiger charge is 2.31. The number of halogens is 3. The molecule has 2 heterocycles. The van der Waals surface area contributed by atoms with Gasteiger partial charge in [0.25, 0.3) is 0 Å². The zero-order valence-electron chi connectivity index (χ0n) is 19.3. The van der Waals surface area contributed by atoms with E-state index < -0.39 is 17.3 Å². The van der Waals surface area contributed by atoms with Crippen LogP contribution in [0.5, 0.6) is 0 Å². The maximum Gasteiger partial charge on any atom is 0.416 e. The Morgan fingerprint density at radius 2 is 1.79 bits per heavy atom. The average Bonchev–Trinajstić information content (AvgIpc) is 3.28. The van der Waals surface area contributed by atoms with Gasteiger partial charge in [-0.2, -0.15) is 18.3 Å². The molecule has 1 aliphatic heterocycles. The summed E-state index contributed by atoms with van der Waals surface area (Å²) >= 11 is 0. The zero-order valence-corrected chi connectivity index (χ0v) is 19.3. The largest absolute Gasteiger partial charge is 0.416 e. The molecule has 0 unspecified atom stereocenters. The molecule has 34 heavy (non-hydrogen) atoms. The van der Waals surface area contributed by atoms with Crippen molar-refractivity contribution in [3.8, 4) is 23.0 Å². The van der Waals surface area contributed by atoms with Crippen LogP contribution in [0.4, 0.5) is 13.2 Å². The summed E-state index contributed by atoms with van der Waals surface area (Å²) in [5.41, 5.74) is 2.59. The lowest BCUT2D eigenvalue weighted by Gasteiger charge is -2.32. The Bertz CT molecular complexity index is 1170. The normalized spacial score (nSPS) is 15.7. The summed E-state index contributed by atoms with van der Waals surface area (Å²) in [4.78, 5) is 2.38. The lowest BCUT2D eigenvalue weighted by atomic mass is 9.89. The van der Waals surface area contributed by atoms with Crippen molar-refractivity contribution in [1.29, 1.82) is 0 Å². The third kappa shape index (κ3) is 6.07. The van der Waals surface area contributed by atoms with E-state index in [1.54, 1.807) is 26.1 Å². The molecule has 4 nitrogen and oxygen atoms in total. The molecular weight excluding hydrogens is 439 g/mol. The highest BCUT2D eigenvalue weighted by atomic mass is 19.4. The predicted molar refractivity (Wildman–Crippen MR) is 126 cm³/mol. The van der Waals surface area contributed by atoms with Gasteiger partial charge in [-0.05, 0) is 75.2 Å². The van der Waals surface area contributed by atoms with Gasteiger partial charge in [0, 0.05) is 29.3 Å². The molecule has 178 valence electrons. The molecule has 0 saturated carbocycles. The molecule has 0 spiro atoms. The summed E-state index contributed by atoms with van der Waals surface area (Å²) < 4.78 is 39.4. The van der Waals surface area contributed by atoms with Crippen LogP contribution in [-0.4, -0.2) is 38.9 Å². The molecule has 1 fully saturated rings. The Labute approximate surface area is 197 Å². The minimum atomic E-state index is -4.37. The van der Waals surface area contributed by atoms with Gasteiger partial charge in [0.05, 0.1) is 11.8 Å². The number of H-pyrrole nitrogens is 1. The van der Waals surface area contributed by atoms with Gasteiger partial charge in [0.2, 0.25) is 0 Å². The van der Waals surface area contributed by atoms with E-state index in [0.29, 0.717) is 5.56 Å². The van der Waals surface area contributed by atoms with Crippen LogP contribution in [0.15, 0.2) is 54.7 Å². The van der Waals surface area contributed by atoms with Crippen molar-refractivity contribution in [2.45, 2.75) is 50.9 Å². The van der Waals surface area contributed by atoms with Gasteiger partial charge in [-0.3, -0.25) is 10.00 Å².